The summed E-state index contributed by atoms with van der Waals surface area (Å²) in [4.78, 5) is 13.4. The monoisotopic (exact) mass is 251 g/mol. The van der Waals surface area contributed by atoms with E-state index in [1.54, 1.807) is 12.1 Å². The van der Waals surface area contributed by atoms with Crippen molar-refractivity contribution in [2.45, 2.75) is 6.42 Å². The highest BCUT2D eigenvalue weighted by molar-refractivity contribution is 5.99. The zero-order valence-corrected chi connectivity index (χ0v) is 10.4. The summed E-state index contributed by atoms with van der Waals surface area (Å²) >= 11 is 0. The van der Waals surface area contributed by atoms with Gasteiger partial charge in [0.05, 0.1) is 11.3 Å². The van der Waals surface area contributed by atoms with Crippen molar-refractivity contribution in [2.24, 2.45) is 11.7 Å². The van der Waals surface area contributed by atoms with Gasteiger partial charge in [-0.25, -0.2) is 4.39 Å². The van der Waals surface area contributed by atoms with Crippen molar-refractivity contribution < 1.29 is 9.18 Å². The van der Waals surface area contributed by atoms with Gasteiger partial charge in [-0.1, -0.05) is 6.07 Å². The number of nitrogens with one attached hydrogen (secondary N) is 1. The van der Waals surface area contributed by atoms with E-state index in [9.17, 15) is 9.18 Å². The van der Waals surface area contributed by atoms with E-state index in [2.05, 4.69) is 5.32 Å². The standard InChI is InChI=1S/C13H18FN3O/c1-16-7-9-5-6-17(8-9)11-4-2-3-10(14)12(11)13(15)18/h2-4,9,16H,5-8H2,1H3,(H2,15,18). The number of hydrogen-bond acceptors (Lipinski definition) is 3. The van der Waals surface area contributed by atoms with Crippen LogP contribution in [0.3, 0.4) is 0 Å². The molecule has 1 unspecified atom stereocenters. The molecule has 3 N–H and O–H groups in total. The molecule has 1 amide bonds. The number of carbonyl (C=O) groups excluding carboxylic acids is 1. The molecule has 1 aromatic carbocycles. The fourth-order valence-corrected chi connectivity index (χ4v) is 2.53. The second kappa shape index (κ2) is 5.35. The molecule has 2 rings (SSSR count). The van der Waals surface area contributed by atoms with Gasteiger partial charge in [-0.2, -0.15) is 0 Å². The van der Waals surface area contributed by atoms with Crippen molar-refractivity contribution >= 4 is 11.6 Å². The molecular weight excluding hydrogens is 233 g/mol. The summed E-state index contributed by atoms with van der Waals surface area (Å²) < 4.78 is 13.7. The molecule has 5 heteroatoms. The third kappa shape index (κ3) is 2.46. The van der Waals surface area contributed by atoms with Crippen LogP contribution < -0.4 is 16.0 Å². The first kappa shape index (κ1) is 12.8. The highest BCUT2D eigenvalue weighted by atomic mass is 19.1. The van der Waals surface area contributed by atoms with Crippen LogP contribution in [-0.4, -0.2) is 32.6 Å². The fourth-order valence-electron chi connectivity index (χ4n) is 2.53. The number of halogens is 1. The van der Waals surface area contributed by atoms with Crippen LogP contribution in [0.5, 0.6) is 0 Å². The van der Waals surface area contributed by atoms with Gasteiger partial charge in [0.15, 0.2) is 0 Å². The number of amides is 1. The van der Waals surface area contributed by atoms with Crippen LogP contribution in [0.25, 0.3) is 0 Å². The summed E-state index contributed by atoms with van der Waals surface area (Å²) in [5.41, 5.74) is 5.87. The molecular formula is C13H18FN3O. The first-order valence-electron chi connectivity index (χ1n) is 6.11. The van der Waals surface area contributed by atoms with E-state index >= 15 is 0 Å². The molecule has 0 radical (unpaired) electrons. The minimum absolute atomic E-state index is 0.00241. The SMILES string of the molecule is CNCC1CCN(c2cccc(F)c2C(N)=O)C1. The van der Waals surface area contributed by atoms with Crippen molar-refractivity contribution in [1.82, 2.24) is 5.32 Å². The van der Waals surface area contributed by atoms with E-state index in [4.69, 9.17) is 5.73 Å². The number of anilines is 1. The smallest absolute Gasteiger partial charge is 0.253 e. The predicted octanol–water partition coefficient (Wildman–Crippen LogP) is 0.970. The van der Waals surface area contributed by atoms with E-state index in [0.29, 0.717) is 11.6 Å². The Balaban J connectivity index is 2.24. The Morgan fingerprint density at radius 3 is 3.06 bits per heavy atom. The van der Waals surface area contributed by atoms with Gasteiger partial charge in [0.1, 0.15) is 5.82 Å². The van der Waals surface area contributed by atoms with Crippen LogP contribution in [0.4, 0.5) is 10.1 Å². The zero-order chi connectivity index (χ0) is 13.1. The topological polar surface area (TPSA) is 58.4 Å². The molecule has 98 valence electrons. The van der Waals surface area contributed by atoms with Gasteiger partial charge in [-0.15, -0.1) is 0 Å². The number of primary amides is 1. The quantitative estimate of drug-likeness (QED) is 0.838. The van der Waals surface area contributed by atoms with Crippen molar-refractivity contribution in [1.29, 1.82) is 0 Å². The summed E-state index contributed by atoms with van der Waals surface area (Å²) in [5, 5.41) is 3.14. The molecule has 0 aromatic heterocycles. The predicted molar refractivity (Wildman–Crippen MR) is 69.2 cm³/mol. The van der Waals surface area contributed by atoms with Gasteiger partial charge in [0.25, 0.3) is 5.91 Å². The van der Waals surface area contributed by atoms with Crippen LogP contribution in [0.15, 0.2) is 18.2 Å². The normalized spacial score (nSPS) is 19.2. The molecule has 1 aliphatic rings. The zero-order valence-electron chi connectivity index (χ0n) is 10.4. The minimum Gasteiger partial charge on any atom is -0.370 e. The van der Waals surface area contributed by atoms with Crippen molar-refractivity contribution in [3.8, 4) is 0 Å². The molecule has 1 fully saturated rings. The maximum absolute atomic E-state index is 13.7. The van der Waals surface area contributed by atoms with E-state index in [1.807, 2.05) is 11.9 Å². The Bertz CT molecular complexity index is 450. The van der Waals surface area contributed by atoms with E-state index in [-0.39, 0.29) is 5.56 Å². The van der Waals surface area contributed by atoms with Crippen LogP contribution in [0, 0.1) is 11.7 Å². The van der Waals surface area contributed by atoms with Crippen LogP contribution in [0.2, 0.25) is 0 Å². The Kier molecular flexibility index (Phi) is 3.81. The number of benzene rings is 1. The lowest BCUT2D eigenvalue weighted by molar-refractivity contribution is 0.0997. The summed E-state index contributed by atoms with van der Waals surface area (Å²) in [5.74, 6) is -0.726. The third-order valence-corrected chi connectivity index (χ3v) is 3.36. The second-order valence-corrected chi connectivity index (χ2v) is 4.66. The third-order valence-electron chi connectivity index (χ3n) is 3.36. The molecule has 0 bridgehead atoms. The maximum atomic E-state index is 13.7. The molecule has 1 heterocycles. The average Bonchev–Trinajstić information content (AvgIpc) is 2.77. The molecule has 1 atom stereocenters. The van der Waals surface area contributed by atoms with Gasteiger partial charge in [-0.3, -0.25) is 4.79 Å². The molecule has 4 nitrogen and oxygen atoms in total. The lowest BCUT2D eigenvalue weighted by Crippen LogP contribution is -2.27. The van der Waals surface area contributed by atoms with Gasteiger partial charge >= 0.3 is 0 Å². The van der Waals surface area contributed by atoms with Gasteiger partial charge < -0.3 is 16.0 Å². The molecule has 0 saturated carbocycles. The molecule has 0 aliphatic carbocycles. The Hall–Kier alpha value is -1.62. The first-order chi connectivity index (χ1) is 8.63. The number of nitrogens with two attached hydrogens (primary N) is 1. The lowest BCUT2D eigenvalue weighted by Gasteiger charge is -2.21. The summed E-state index contributed by atoms with van der Waals surface area (Å²) in [6.45, 7) is 2.58. The van der Waals surface area contributed by atoms with Crippen LogP contribution in [-0.2, 0) is 0 Å². The molecule has 1 aliphatic heterocycles. The Morgan fingerprint density at radius 1 is 1.61 bits per heavy atom. The number of carbonyl (C=O) groups is 1. The summed E-state index contributed by atoms with van der Waals surface area (Å²) in [6.07, 6.45) is 1.04. The maximum Gasteiger partial charge on any atom is 0.253 e. The van der Waals surface area contributed by atoms with Crippen molar-refractivity contribution in [2.75, 3.05) is 31.6 Å². The number of nitrogens with zero attached hydrogens (tertiary/aromatic N) is 1. The van der Waals surface area contributed by atoms with Gasteiger partial charge in [0.2, 0.25) is 0 Å². The first-order valence-corrected chi connectivity index (χ1v) is 6.11. The largest absolute Gasteiger partial charge is 0.370 e. The molecule has 18 heavy (non-hydrogen) atoms. The lowest BCUT2D eigenvalue weighted by atomic mass is 10.1. The minimum atomic E-state index is -0.708. The Labute approximate surface area is 106 Å². The highest BCUT2D eigenvalue weighted by Gasteiger charge is 2.26. The van der Waals surface area contributed by atoms with E-state index in [1.165, 1.54) is 6.07 Å². The second-order valence-electron chi connectivity index (χ2n) is 4.66. The summed E-state index contributed by atoms with van der Waals surface area (Å²) in [6, 6.07) is 4.64. The molecule has 1 saturated heterocycles. The summed E-state index contributed by atoms with van der Waals surface area (Å²) in [7, 11) is 1.92. The molecule has 0 spiro atoms. The van der Waals surface area contributed by atoms with Crippen LogP contribution in [0.1, 0.15) is 16.8 Å². The Morgan fingerprint density at radius 2 is 2.39 bits per heavy atom. The molecule has 1 aromatic rings. The van der Waals surface area contributed by atoms with E-state index in [0.717, 1.165) is 26.1 Å². The fraction of sp³-hybridized carbons (Fsp3) is 0.462. The number of hydrogen-bond donors (Lipinski definition) is 2. The average molecular weight is 251 g/mol. The van der Waals surface area contributed by atoms with Gasteiger partial charge in [-0.05, 0) is 38.1 Å². The van der Waals surface area contributed by atoms with Crippen molar-refractivity contribution in [3.05, 3.63) is 29.6 Å². The number of rotatable bonds is 4. The van der Waals surface area contributed by atoms with Crippen LogP contribution >= 0.6 is 0 Å². The van der Waals surface area contributed by atoms with Crippen molar-refractivity contribution in [3.63, 3.8) is 0 Å². The van der Waals surface area contributed by atoms with E-state index < -0.39 is 11.7 Å². The van der Waals surface area contributed by atoms with Gasteiger partial charge in [0, 0.05) is 13.1 Å². The highest BCUT2D eigenvalue weighted by Crippen LogP contribution is 2.28.